The lowest BCUT2D eigenvalue weighted by Crippen LogP contribution is -2.22. The van der Waals surface area contributed by atoms with Crippen molar-refractivity contribution in [3.63, 3.8) is 0 Å². The van der Waals surface area contributed by atoms with Gasteiger partial charge in [-0.25, -0.2) is 0 Å². The van der Waals surface area contributed by atoms with Crippen LogP contribution in [0.15, 0.2) is 35.5 Å². The van der Waals surface area contributed by atoms with Crippen molar-refractivity contribution in [3.05, 3.63) is 35.5 Å². The Bertz CT molecular complexity index is 403. The van der Waals surface area contributed by atoms with Crippen LogP contribution in [0.2, 0.25) is 0 Å². The normalized spacial score (nSPS) is 21.3. The molecule has 1 N–H and O–H groups in total. The maximum atomic E-state index is 9.73. The van der Waals surface area contributed by atoms with Crippen LogP contribution in [-0.2, 0) is 9.47 Å². The summed E-state index contributed by atoms with van der Waals surface area (Å²) in [7, 11) is 0. The van der Waals surface area contributed by atoms with Crippen molar-refractivity contribution >= 4 is 0 Å². The summed E-state index contributed by atoms with van der Waals surface area (Å²) in [5, 5.41) is 9.73. The number of ether oxygens (including phenoxy) is 2. The molecule has 0 aromatic heterocycles. The summed E-state index contributed by atoms with van der Waals surface area (Å²) >= 11 is 0. The first-order valence-corrected chi connectivity index (χ1v) is 8.87. The van der Waals surface area contributed by atoms with Gasteiger partial charge in [0.05, 0.1) is 12.7 Å². The maximum absolute atomic E-state index is 9.73. The minimum absolute atomic E-state index is 0.00492. The molecule has 0 aromatic rings. The summed E-state index contributed by atoms with van der Waals surface area (Å²) in [6.07, 6.45) is 11.2. The third-order valence-corrected chi connectivity index (χ3v) is 4.26. The topological polar surface area (TPSA) is 38.7 Å². The van der Waals surface area contributed by atoms with Gasteiger partial charge in [0.2, 0.25) is 0 Å². The van der Waals surface area contributed by atoms with Gasteiger partial charge in [0, 0.05) is 6.61 Å². The number of allylic oxidation sites excluding steroid dienone is 3. The molecule has 132 valence electrons. The zero-order valence-corrected chi connectivity index (χ0v) is 15.1. The summed E-state index contributed by atoms with van der Waals surface area (Å²) < 4.78 is 11.3. The van der Waals surface area contributed by atoms with E-state index in [1.54, 1.807) is 0 Å². The van der Waals surface area contributed by atoms with Crippen LogP contribution in [0, 0.1) is 0 Å². The molecule has 3 nitrogen and oxygen atoms in total. The molecule has 0 saturated carbocycles. The molecule has 2 unspecified atom stereocenters. The number of hydrogen-bond donors (Lipinski definition) is 1. The summed E-state index contributed by atoms with van der Waals surface area (Å²) in [4.78, 5) is 0. The van der Waals surface area contributed by atoms with Crippen LogP contribution in [0.25, 0.3) is 0 Å². The van der Waals surface area contributed by atoms with Gasteiger partial charge in [-0.2, -0.15) is 0 Å². The third-order valence-electron chi connectivity index (χ3n) is 4.26. The molecule has 1 fully saturated rings. The largest absolute Gasteiger partial charge is 0.389 e. The SMILES string of the molecule is C=C(C)C(O)CC/C(C)=C/CC/C(C)=C/COC1CCCCO1. The number of aliphatic hydroxyl groups excluding tert-OH is 1. The van der Waals surface area contributed by atoms with Crippen LogP contribution in [0.5, 0.6) is 0 Å². The summed E-state index contributed by atoms with van der Waals surface area (Å²) in [5.41, 5.74) is 3.54. The second-order valence-corrected chi connectivity index (χ2v) is 6.67. The van der Waals surface area contributed by atoms with E-state index in [0.29, 0.717) is 6.61 Å². The van der Waals surface area contributed by atoms with E-state index in [2.05, 4.69) is 32.6 Å². The molecular weight excluding hydrogens is 288 g/mol. The predicted octanol–water partition coefficient (Wildman–Crippen LogP) is 4.92. The monoisotopic (exact) mass is 322 g/mol. The van der Waals surface area contributed by atoms with Crippen LogP contribution in [-0.4, -0.2) is 30.7 Å². The first-order valence-electron chi connectivity index (χ1n) is 8.87. The maximum Gasteiger partial charge on any atom is 0.157 e. The molecule has 0 spiro atoms. The minimum atomic E-state index is -0.376. The summed E-state index contributed by atoms with van der Waals surface area (Å²) in [6, 6.07) is 0. The fourth-order valence-electron chi connectivity index (χ4n) is 2.50. The zero-order valence-electron chi connectivity index (χ0n) is 15.1. The minimum Gasteiger partial charge on any atom is -0.389 e. The molecule has 1 heterocycles. The van der Waals surface area contributed by atoms with Crippen LogP contribution < -0.4 is 0 Å². The van der Waals surface area contributed by atoms with Gasteiger partial charge < -0.3 is 14.6 Å². The number of hydrogen-bond acceptors (Lipinski definition) is 3. The fraction of sp³-hybridized carbons (Fsp3) is 0.700. The van der Waals surface area contributed by atoms with Gasteiger partial charge in [0.1, 0.15) is 0 Å². The van der Waals surface area contributed by atoms with Crippen molar-refractivity contribution in [2.75, 3.05) is 13.2 Å². The van der Waals surface area contributed by atoms with Crippen LogP contribution >= 0.6 is 0 Å². The fourth-order valence-corrected chi connectivity index (χ4v) is 2.50. The second-order valence-electron chi connectivity index (χ2n) is 6.67. The molecule has 23 heavy (non-hydrogen) atoms. The molecule has 1 saturated heterocycles. The quantitative estimate of drug-likeness (QED) is 0.580. The van der Waals surface area contributed by atoms with E-state index in [-0.39, 0.29) is 12.4 Å². The van der Waals surface area contributed by atoms with Crippen LogP contribution in [0.4, 0.5) is 0 Å². The Morgan fingerprint density at radius 3 is 2.61 bits per heavy atom. The highest BCUT2D eigenvalue weighted by molar-refractivity contribution is 5.05. The highest BCUT2D eigenvalue weighted by Gasteiger charge is 2.12. The lowest BCUT2D eigenvalue weighted by molar-refractivity contribution is -0.155. The molecule has 0 bridgehead atoms. The lowest BCUT2D eigenvalue weighted by atomic mass is 10.0. The molecule has 0 amide bonds. The Kier molecular flexibility index (Phi) is 10.2. The van der Waals surface area contributed by atoms with Crippen LogP contribution in [0.3, 0.4) is 0 Å². The van der Waals surface area contributed by atoms with E-state index >= 15 is 0 Å². The zero-order chi connectivity index (χ0) is 17.1. The van der Waals surface area contributed by atoms with E-state index in [1.165, 1.54) is 17.6 Å². The van der Waals surface area contributed by atoms with Gasteiger partial charge in [0.25, 0.3) is 0 Å². The molecule has 0 aromatic carbocycles. The van der Waals surface area contributed by atoms with E-state index < -0.39 is 0 Å². The summed E-state index contributed by atoms with van der Waals surface area (Å²) in [6.45, 7) is 11.4. The van der Waals surface area contributed by atoms with Gasteiger partial charge in [0.15, 0.2) is 6.29 Å². The Morgan fingerprint density at radius 1 is 1.22 bits per heavy atom. The third kappa shape index (κ3) is 9.75. The smallest absolute Gasteiger partial charge is 0.157 e. The van der Waals surface area contributed by atoms with Crippen molar-refractivity contribution < 1.29 is 14.6 Å². The van der Waals surface area contributed by atoms with Crippen LogP contribution in [0.1, 0.15) is 65.7 Å². The number of aliphatic hydroxyl groups is 1. The molecule has 0 radical (unpaired) electrons. The van der Waals surface area contributed by atoms with E-state index in [1.807, 2.05) is 6.92 Å². The standard InChI is InChI=1S/C20H34O3/c1-16(2)19(21)12-11-17(3)8-7-9-18(4)13-15-23-20-10-5-6-14-22-20/h8,13,19-21H,1,5-7,9-12,14-15H2,2-4H3/b17-8+,18-13+. The van der Waals surface area contributed by atoms with Crippen molar-refractivity contribution in [2.45, 2.75) is 78.1 Å². The molecule has 0 aliphatic carbocycles. The Labute approximate surface area is 142 Å². The van der Waals surface area contributed by atoms with Crippen molar-refractivity contribution in [1.82, 2.24) is 0 Å². The Hall–Kier alpha value is -0.900. The van der Waals surface area contributed by atoms with E-state index in [9.17, 15) is 5.11 Å². The molecular formula is C20H34O3. The van der Waals surface area contributed by atoms with Gasteiger partial charge in [-0.05, 0) is 65.7 Å². The highest BCUT2D eigenvalue weighted by Crippen LogP contribution is 2.15. The van der Waals surface area contributed by atoms with Gasteiger partial charge in [-0.3, -0.25) is 0 Å². The molecule has 2 atom stereocenters. The van der Waals surface area contributed by atoms with E-state index in [4.69, 9.17) is 9.47 Å². The van der Waals surface area contributed by atoms with Crippen molar-refractivity contribution in [3.8, 4) is 0 Å². The second kappa shape index (κ2) is 11.6. The Balaban J connectivity index is 2.15. The Morgan fingerprint density at radius 2 is 1.96 bits per heavy atom. The first-order chi connectivity index (χ1) is 11.0. The highest BCUT2D eigenvalue weighted by atomic mass is 16.7. The van der Waals surface area contributed by atoms with Crippen molar-refractivity contribution in [2.24, 2.45) is 0 Å². The molecule has 1 aliphatic rings. The average molecular weight is 322 g/mol. The first kappa shape index (κ1) is 20.1. The van der Waals surface area contributed by atoms with Gasteiger partial charge in [-0.15, -0.1) is 0 Å². The number of rotatable bonds is 10. The molecule has 1 rings (SSSR count). The van der Waals surface area contributed by atoms with Gasteiger partial charge >= 0.3 is 0 Å². The van der Waals surface area contributed by atoms with Gasteiger partial charge in [-0.1, -0.05) is 35.5 Å². The molecule has 3 heteroatoms. The van der Waals surface area contributed by atoms with Crippen molar-refractivity contribution in [1.29, 1.82) is 0 Å². The predicted molar refractivity (Wildman–Crippen MR) is 96.3 cm³/mol. The summed E-state index contributed by atoms with van der Waals surface area (Å²) in [5.74, 6) is 0. The average Bonchev–Trinajstić information content (AvgIpc) is 2.53. The molecule has 1 aliphatic heterocycles. The lowest BCUT2D eigenvalue weighted by Gasteiger charge is -2.22. The van der Waals surface area contributed by atoms with E-state index in [0.717, 1.165) is 50.7 Å².